The fourth-order valence-corrected chi connectivity index (χ4v) is 1.15. The highest BCUT2D eigenvalue weighted by Crippen LogP contribution is 2.16. The average Bonchev–Trinajstić information content (AvgIpc) is 2.06. The molecule has 0 unspecified atom stereocenters. The molecule has 2 aromatic heterocycles. The van der Waals surface area contributed by atoms with Crippen LogP contribution in [0.1, 0.15) is 5.69 Å². The van der Waals surface area contributed by atoms with Crippen molar-refractivity contribution in [3.63, 3.8) is 0 Å². The van der Waals surface area contributed by atoms with Gasteiger partial charge in [-0.25, -0.2) is 9.97 Å². The van der Waals surface area contributed by atoms with Crippen LogP contribution >= 0.6 is 0 Å². The van der Waals surface area contributed by atoms with Crippen LogP contribution in [0.2, 0.25) is 0 Å². The van der Waals surface area contributed by atoms with Gasteiger partial charge in [0.15, 0.2) is 5.82 Å². The van der Waals surface area contributed by atoms with E-state index in [-0.39, 0.29) is 0 Å². The molecule has 2 rings (SSSR count). The summed E-state index contributed by atoms with van der Waals surface area (Å²) in [5, 5.41) is 0. The summed E-state index contributed by atoms with van der Waals surface area (Å²) in [6, 6.07) is 1.65. The topological polar surface area (TPSA) is 90.7 Å². The number of nitrogens with zero attached hydrogens (tertiary/aromatic N) is 3. The zero-order valence-corrected chi connectivity index (χ0v) is 7.15. The van der Waals surface area contributed by atoms with E-state index in [1.54, 1.807) is 12.3 Å². The van der Waals surface area contributed by atoms with E-state index >= 15 is 0 Å². The predicted octanol–water partition coefficient (Wildman–Crippen LogP) is 0.498. The first kappa shape index (κ1) is 7.72. The van der Waals surface area contributed by atoms with Crippen molar-refractivity contribution in [1.29, 1.82) is 0 Å². The lowest BCUT2D eigenvalue weighted by atomic mass is 10.3. The molecule has 0 fully saturated rings. The van der Waals surface area contributed by atoms with Gasteiger partial charge >= 0.3 is 0 Å². The van der Waals surface area contributed by atoms with E-state index < -0.39 is 0 Å². The van der Waals surface area contributed by atoms with E-state index in [9.17, 15) is 0 Å². The molecule has 0 spiro atoms. The van der Waals surface area contributed by atoms with Crippen molar-refractivity contribution >= 4 is 22.7 Å². The Morgan fingerprint density at radius 3 is 2.77 bits per heavy atom. The normalized spacial score (nSPS) is 10.5. The number of rotatable bonds is 0. The van der Waals surface area contributed by atoms with Crippen LogP contribution in [0.15, 0.2) is 12.3 Å². The minimum absolute atomic E-state index is 0.325. The lowest BCUT2D eigenvalue weighted by Crippen LogP contribution is -2.00. The van der Waals surface area contributed by atoms with Crippen LogP contribution in [-0.4, -0.2) is 15.0 Å². The van der Waals surface area contributed by atoms with E-state index in [1.165, 1.54) is 0 Å². The second-order valence-electron chi connectivity index (χ2n) is 2.81. The Morgan fingerprint density at radius 2 is 2.00 bits per heavy atom. The minimum atomic E-state index is 0.325. The molecule has 5 heteroatoms. The number of hydrogen-bond acceptors (Lipinski definition) is 5. The largest absolute Gasteiger partial charge is 0.384 e. The standard InChI is InChI=1S/C8H9N5/c1-4-3-11-5-2-6(9)13-8(10)7(5)12-4/h2-3H,1H3,(H4,9,10,13). The Bertz CT molecular complexity index is 465. The summed E-state index contributed by atoms with van der Waals surface area (Å²) in [5.41, 5.74) is 13.2. The molecule has 0 radical (unpaired) electrons. The van der Waals surface area contributed by atoms with Crippen LogP contribution < -0.4 is 11.5 Å². The number of nitrogen functional groups attached to an aromatic ring is 2. The summed E-state index contributed by atoms with van der Waals surface area (Å²) in [4.78, 5) is 12.2. The summed E-state index contributed by atoms with van der Waals surface area (Å²) in [6.07, 6.45) is 1.67. The van der Waals surface area contributed by atoms with Gasteiger partial charge in [-0.05, 0) is 6.92 Å². The van der Waals surface area contributed by atoms with Gasteiger partial charge in [-0.2, -0.15) is 0 Å². The number of aryl methyl sites for hydroxylation is 1. The number of fused-ring (bicyclic) bond motifs is 1. The molecule has 4 N–H and O–H groups in total. The second-order valence-corrected chi connectivity index (χ2v) is 2.81. The van der Waals surface area contributed by atoms with Crippen LogP contribution in [-0.2, 0) is 0 Å². The lowest BCUT2D eigenvalue weighted by Gasteiger charge is -2.01. The molecule has 13 heavy (non-hydrogen) atoms. The van der Waals surface area contributed by atoms with Crippen molar-refractivity contribution < 1.29 is 0 Å². The van der Waals surface area contributed by atoms with Gasteiger partial charge < -0.3 is 11.5 Å². The Morgan fingerprint density at radius 1 is 1.23 bits per heavy atom. The van der Waals surface area contributed by atoms with Gasteiger partial charge in [0.05, 0.1) is 11.2 Å². The highest BCUT2D eigenvalue weighted by molar-refractivity contribution is 5.85. The van der Waals surface area contributed by atoms with Crippen LogP contribution in [0, 0.1) is 6.92 Å². The highest BCUT2D eigenvalue weighted by atomic mass is 15.0. The fourth-order valence-electron chi connectivity index (χ4n) is 1.15. The predicted molar refractivity (Wildman–Crippen MR) is 50.9 cm³/mol. The average molecular weight is 175 g/mol. The molecule has 0 bridgehead atoms. The second kappa shape index (κ2) is 2.55. The molecule has 0 aliphatic rings. The van der Waals surface area contributed by atoms with Gasteiger partial charge in [-0.3, -0.25) is 4.98 Å². The first-order valence-electron chi connectivity index (χ1n) is 3.82. The van der Waals surface area contributed by atoms with Gasteiger partial charge in [0, 0.05) is 12.3 Å². The third-order valence-corrected chi connectivity index (χ3v) is 1.70. The smallest absolute Gasteiger partial charge is 0.154 e. The van der Waals surface area contributed by atoms with Crippen molar-refractivity contribution in [2.24, 2.45) is 0 Å². The van der Waals surface area contributed by atoms with Crippen molar-refractivity contribution in [3.05, 3.63) is 18.0 Å². The van der Waals surface area contributed by atoms with Crippen molar-refractivity contribution in [3.8, 4) is 0 Å². The minimum Gasteiger partial charge on any atom is -0.384 e. The number of aromatic nitrogens is 3. The van der Waals surface area contributed by atoms with Crippen molar-refractivity contribution in [2.75, 3.05) is 11.5 Å². The first-order chi connectivity index (χ1) is 6.16. The molecule has 0 aliphatic carbocycles. The maximum absolute atomic E-state index is 5.63. The molecule has 0 saturated heterocycles. The highest BCUT2D eigenvalue weighted by Gasteiger charge is 2.03. The molecular weight excluding hydrogens is 166 g/mol. The summed E-state index contributed by atoms with van der Waals surface area (Å²) in [7, 11) is 0. The molecule has 66 valence electrons. The zero-order valence-electron chi connectivity index (χ0n) is 7.15. The molecule has 0 amide bonds. The van der Waals surface area contributed by atoms with E-state index in [0.717, 1.165) is 5.69 Å². The Kier molecular flexibility index (Phi) is 1.51. The molecule has 0 aromatic carbocycles. The summed E-state index contributed by atoms with van der Waals surface area (Å²) in [6.45, 7) is 1.85. The van der Waals surface area contributed by atoms with Crippen molar-refractivity contribution in [2.45, 2.75) is 6.92 Å². The number of anilines is 2. The monoisotopic (exact) mass is 175 g/mol. The van der Waals surface area contributed by atoms with Crippen LogP contribution in [0.5, 0.6) is 0 Å². The van der Waals surface area contributed by atoms with Crippen LogP contribution in [0.3, 0.4) is 0 Å². The van der Waals surface area contributed by atoms with Crippen LogP contribution in [0.25, 0.3) is 11.0 Å². The molecule has 0 atom stereocenters. The van der Waals surface area contributed by atoms with Gasteiger partial charge in [0.1, 0.15) is 11.3 Å². The van der Waals surface area contributed by atoms with Gasteiger partial charge in [0.2, 0.25) is 0 Å². The van der Waals surface area contributed by atoms with Gasteiger partial charge in [-0.15, -0.1) is 0 Å². The Hall–Kier alpha value is -1.91. The molecule has 2 aromatic rings. The molecular formula is C8H9N5. The SMILES string of the molecule is Cc1cnc2cc(N)nc(N)c2n1. The summed E-state index contributed by atoms with van der Waals surface area (Å²) < 4.78 is 0. The lowest BCUT2D eigenvalue weighted by molar-refractivity contribution is 1.17. The quantitative estimate of drug-likeness (QED) is 0.608. The number of nitrogens with two attached hydrogens (primary N) is 2. The Balaban J connectivity index is 2.87. The summed E-state index contributed by atoms with van der Waals surface area (Å²) in [5.74, 6) is 0.689. The van der Waals surface area contributed by atoms with E-state index in [4.69, 9.17) is 11.5 Å². The molecule has 5 nitrogen and oxygen atoms in total. The third kappa shape index (κ3) is 1.24. The third-order valence-electron chi connectivity index (χ3n) is 1.70. The maximum Gasteiger partial charge on any atom is 0.154 e. The van der Waals surface area contributed by atoms with Crippen molar-refractivity contribution in [1.82, 2.24) is 15.0 Å². The van der Waals surface area contributed by atoms with E-state index in [0.29, 0.717) is 22.7 Å². The number of hydrogen-bond donors (Lipinski definition) is 2. The fraction of sp³-hybridized carbons (Fsp3) is 0.125. The van der Waals surface area contributed by atoms with E-state index in [1.807, 2.05) is 6.92 Å². The van der Waals surface area contributed by atoms with Gasteiger partial charge in [0.25, 0.3) is 0 Å². The Labute approximate surface area is 74.8 Å². The van der Waals surface area contributed by atoms with Crippen LogP contribution in [0.4, 0.5) is 11.6 Å². The maximum atomic E-state index is 5.63. The summed E-state index contributed by atoms with van der Waals surface area (Å²) >= 11 is 0. The van der Waals surface area contributed by atoms with E-state index in [2.05, 4.69) is 15.0 Å². The molecule has 0 saturated carbocycles. The molecule has 0 aliphatic heterocycles. The molecule has 2 heterocycles. The zero-order chi connectivity index (χ0) is 9.42. The first-order valence-corrected chi connectivity index (χ1v) is 3.82. The number of pyridine rings is 1. The van der Waals surface area contributed by atoms with Gasteiger partial charge in [-0.1, -0.05) is 0 Å².